The van der Waals surface area contributed by atoms with Crippen LogP contribution in [-0.2, 0) is 22.4 Å². The SMILES string of the molecule is COc1cc(CCC(=O)Nc2ccc(CC(=O)O)cc2)cc(OC)c1OC. The van der Waals surface area contributed by atoms with E-state index in [1.54, 1.807) is 38.5 Å². The summed E-state index contributed by atoms with van der Waals surface area (Å²) in [6.45, 7) is 0. The molecule has 7 heteroatoms. The number of carboxylic acid groups (broad SMARTS) is 1. The first-order valence-corrected chi connectivity index (χ1v) is 8.36. The normalized spacial score (nSPS) is 10.2. The lowest BCUT2D eigenvalue weighted by Crippen LogP contribution is -2.12. The lowest BCUT2D eigenvalue weighted by atomic mass is 10.1. The smallest absolute Gasteiger partial charge is 0.307 e. The lowest BCUT2D eigenvalue weighted by Gasteiger charge is -2.14. The highest BCUT2D eigenvalue weighted by Gasteiger charge is 2.14. The average molecular weight is 373 g/mol. The van der Waals surface area contributed by atoms with Gasteiger partial charge in [0.2, 0.25) is 11.7 Å². The van der Waals surface area contributed by atoms with E-state index in [-0.39, 0.29) is 18.7 Å². The van der Waals surface area contributed by atoms with E-state index in [4.69, 9.17) is 19.3 Å². The highest BCUT2D eigenvalue weighted by molar-refractivity contribution is 5.90. The van der Waals surface area contributed by atoms with E-state index in [0.717, 1.165) is 5.56 Å². The maximum absolute atomic E-state index is 12.2. The zero-order chi connectivity index (χ0) is 19.8. The summed E-state index contributed by atoms with van der Waals surface area (Å²) in [6.07, 6.45) is 0.727. The van der Waals surface area contributed by atoms with Gasteiger partial charge in [-0.2, -0.15) is 0 Å². The van der Waals surface area contributed by atoms with Crippen LogP contribution in [0.1, 0.15) is 17.5 Å². The number of hydrogen-bond donors (Lipinski definition) is 2. The van der Waals surface area contributed by atoms with Crippen LogP contribution in [0.25, 0.3) is 0 Å². The summed E-state index contributed by atoms with van der Waals surface area (Å²) >= 11 is 0. The van der Waals surface area contributed by atoms with Crippen LogP contribution < -0.4 is 19.5 Å². The largest absolute Gasteiger partial charge is 0.493 e. The Hall–Kier alpha value is -3.22. The number of hydrogen-bond acceptors (Lipinski definition) is 5. The molecule has 0 bridgehead atoms. The van der Waals surface area contributed by atoms with Crippen molar-refractivity contribution in [2.45, 2.75) is 19.3 Å². The number of nitrogens with one attached hydrogen (secondary N) is 1. The summed E-state index contributed by atoms with van der Waals surface area (Å²) in [6, 6.07) is 10.4. The number of anilines is 1. The van der Waals surface area contributed by atoms with Crippen molar-refractivity contribution >= 4 is 17.6 Å². The van der Waals surface area contributed by atoms with Gasteiger partial charge in [0.05, 0.1) is 27.8 Å². The highest BCUT2D eigenvalue weighted by atomic mass is 16.5. The van der Waals surface area contributed by atoms with Gasteiger partial charge in [-0.3, -0.25) is 9.59 Å². The minimum absolute atomic E-state index is 0.0463. The molecule has 0 heterocycles. The Bertz CT molecular complexity index is 776. The molecule has 0 saturated carbocycles. The quantitative estimate of drug-likeness (QED) is 0.702. The van der Waals surface area contributed by atoms with Crippen molar-refractivity contribution in [3.63, 3.8) is 0 Å². The molecule has 2 aromatic carbocycles. The Labute approximate surface area is 157 Å². The van der Waals surface area contributed by atoms with E-state index in [2.05, 4.69) is 5.32 Å². The van der Waals surface area contributed by atoms with Gasteiger partial charge in [-0.1, -0.05) is 12.1 Å². The van der Waals surface area contributed by atoms with Crippen molar-refractivity contribution in [2.75, 3.05) is 26.6 Å². The Morgan fingerprint density at radius 2 is 1.52 bits per heavy atom. The van der Waals surface area contributed by atoms with E-state index in [1.807, 2.05) is 12.1 Å². The van der Waals surface area contributed by atoms with Gasteiger partial charge in [0, 0.05) is 12.1 Å². The van der Waals surface area contributed by atoms with Crippen LogP contribution in [0.15, 0.2) is 36.4 Å². The minimum Gasteiger partial charge on any atom is -0.493 e. The maximum Gasteiger partial charge on any atom is 0.307 e. The second kappa shape index (κ2) is 9.47. The molecule has 0 unspecified atom stereocenters. The van der Waals surface area contributed by atoms with Crippen molar-refractivity contribution in [2.24, 2.45) is 0 Å². The van der Waals surface area contributed by atoms with Crippen molar-refractivity contribution in [3.8, 4) is 17.2 Å². The van der Waals surface area contributed by atoms with Crippen LogP contribution in [0.4, 0.5) is 5.69 Å². The number of methoxy groups -OCH3 is 3. The number of aryl methyl sites for hydroxylation is 1. The van der Waals surface area contributed by atoms with Gasteiger partial charge in [-0.15, -0.1) is 0 Å². The van der Waals surface area contributed by atoms with Gasteiger partial charge in [-0.05, 0) is 41.8 Å². The van der Waals surface area contributed by atoms with E-state index < -0.39 is 5.97 Å². The van der Waals surface area contributed by atoms with E-state index >= 15 is 0 Å². The van der Waals surface area contributed by atoms with Crippen molar-refractivity contribution in [1.29, 1.82) is 0 Å². The molecule has 0 spiro atoms. The lowest BCUT2D eigenvalue weighted by molar-refractivity contribution is -0.136. The predicted molar refractivity (Wildman–Crippen MR) is 101 cm³/mol. The molecule has 0 aliphatic heterocycles. The van der Waals surface area contributed by atoms with E-state index in [9.17, 15) is 9.59 Å². The van der Waals surface area contributed by atoms with Crippen LogP contribution in [0, 0.1) is 0 Å². The molecular formula is C20H23NO6. The van der Waals surface area contributed by atoms with E-state index in [0.29, 0.717) is 34.9 Å². The number of ether oxygens (including phenoxy) is 3. The van der Waals surface area contributed by atoms with Gasteiger partial charge in [0.25, 0.3) is 0 Å². The molecule has 144 valence electrons. The van der Waals surface area contributed by atoms with Crippen molar-refractivity contribution in [1.82, 2.24) is 0 Å². The van der Waals surface area contributed by atoms with Crippen LogP contribution in [0.2, 0.25) is 0 Å². The molecule has 7 nitrogen and oxygen atoms in total. The minimum atomic E-state index is -0.892. The predicted octanol–water partition coefficient (Wildman–Crippen LogP) is 2.91. The number of aliphatic carboxylic acids is 1. The summed E-state index contributed by atoms with van der Waals surface area (Å²) in [5.74, 6) is 0.559. The van der Waals surface area contributed by atoms with Gasteiger partial charge >= 0.3 is 5.97 Å². The fourth-order valence-corrected chi connectivity index (χ4v) is 2.64. The second-order valence-corrected chi connectivity index (χ2v) is 5.85. The number of carbonyl (C=O) groups is 2. The second-order valence-electron chi connectivity index (χ2n) is 5.85. The molecule has 0 atom stereocenters. The standard InChI is InChI=1S/C20H23NO6/c1-25-16-10-14(11-17(26-2)20(16)27-3)6-9-18(22)21-15-7-4-13(5-8-15)12-19(23)24/h4-5,7-8,10-11H,6,9,12H2,1-3H3,(H,21,22)(H,23,24). The molecule has 2 aromatic rings. The Morgan fingerprint density at radius 3 is 2.00 bits per heavy atom. The molecule has 0 saturated heterocycles. The van der Waals surface area contributed by atoms with Crippen LogP contribution >= 0.6 is 0 Å². The summed E-state index contributed by atoms with van der Waals surface area (Å²) in [5.41, 5.74) is 2.19. The van der Waals surface area contributed by atoms with Crippen LogP contribution in [-0.4, -0.2) is 38.3 Å². The third kappa shape index (κ3) is 5.64. The summed E-state index contributed by atoms with van der Waals surface area (Å²) in [7, 11) is 4.62. The number of rotatable bonds is 9. The molecule has 0 aliphatic carbocycles. The highest BCUT2D eigenvalue weighted by Crippen LogP contribution is 2.38. The first-order valence-electron chi connectivity index (χ1n) is 8.36. The first-order chi connectivity index (χ1) is 13.0. The Morgan fingerprint density at radius 1 is 0.926 bits per heavy atom. The van der Waals surface area contributed by atoms with Crippen LogP contribution in [0.3, 0.4) is 0 Å². The van der Waals surface area contributed by atoms with Gasteiger partial charge in [0.1, 0.15) is 0 Å². The molecule has 0 aromatic heterocycles. The monoisotopic (exact) mass is 373 g/mol. The van der Waals surface area contributed by atoms with Gasteiger partial charge < -0.3 is 24.6 Å². The zero-order valence-corrected chi connectivity index (χ0v) is 15.6. The maximum atomic E-state index is 12.2. The van der Waals surface area contributed by atoms with Gasteiger partial charge in [-0.25, -0.2) is 0 Å². The molecular weight excluding hydrogens is 350 g/mol. The number of amides is 1. The summed E-state index contributed by atoms with van der Waals surface area (Å²) in [4.78, 5) is 22.9. The zero-order valence-electron chi connectivity index (χ0n) is 15.6. The van der Waals surface area contributed by atoms with Crippen molar-refractivity contribution in [3.05, 3.63) is 47.5 Å². The number of benzene rings is 2. The van der Waals surface area contributed by atoms with Crippen LogP contribution in [0.5, 0.6) is 17.2 Å². The summed E-state index contributed by atoms with van der Waals surface area (Å²) in [5, 5.41) is 11.6. The number of carboxylic acids is 1. The Balaban J connectivity index is 1.98. The van der Waals surface area contributed by atoms with E-state index in [1.165, 1.54) is 7.11 Å². The third-order valence-electron chi connectivity index (χ3n) is 3.96. The van der Waals surface area contributed by atoms with Gasteiger partial charge in [0.15, 0.2) is 11.5 Å². The fourth-order valence-electron chi connectivity index (χ4n) is 2.64. The molecule has 0 radical (unpaired) electrons. The Kier molecular flexibility index (Phi) is 7.05. The molecule has 27 heavy (non-hydrogen) atoms. The molecule has 1 amide bonds. The molecule has 2 rings (SSSR count). The molecule has 0 aliphatic rings. The van der Waals surface area contributed by atoms with Crippen molar-refractivity contribution < 1.29 is 28.9 Å². The first kappa shape index (κ1) is 20.1. The molecule has 2 N–H and O–H groups in total. The topological polar surface area (TPSA) is 94.1 Å². The summed E-state index contributed by atoms with van der Waals surface area (Å²) < 4.78 is 15.9. The fraction of sp³-hybridized carbons (Fsp3) is 0.300. The number of carbonyl (C=O) groups excluding carboxylic acids is 1. The third-order valence-corrected chi connectivity index (χ3v) is 3.96. The average Bonchev–Trinajstić information content (AvgIpc) is 2.66. The molecule has 0 fully saturated rings.